The van der Waals surface area contributed by atoms with Crippen LogP contribution in [0.15, 0.2) is 23.3 Å². The normalized spacial score (nSPS) is 13.9. The van der Waals surface area contributed by atoms with Crippen LogP contribution in [0.25, 0.3) is 10.4 Å². The minimum absolute atomic E-state index is 0.0312. The predicted molar refractivity (Wildman–Crippen MR) is 60.9 cm³/mol. The summed E-state index contributed by atoms with van der Waals surface area (Å²) in [5, 5.41) is 22.3. The van der Waals surface area contributed by atoms with Crippen molar-refractivity contribution in [3.8, 4) is 0 Å². The fraction of sp³-hybridized carbons (Fsp3) is 0.400. The number of benzene rings is 1. The summed E-state index contributed by atoms with van der Waals surface area (Å²) in [6, 6.07) is 3.99. The standard InChI is InChI=1S/C10H11ClFN3O2/c11-4-7-2-1-6(3-8(7)12)10(17)9(16)5-14-15-13/h1-3,9-10,16-17H,4-5H2. The third-order valence-electron chi connectivity index (χ3n) is 2.26. The van der Waals surface area contributed by atoms with E-state index in [0.29, 0.717) is 5.56 Å². The first-order chi connectivity index (χ1) is 8.10. The van der Waals surface area contributed by atoms with Crippen molar-refractivity contribution >= 4 is 11.6 Å². The molecule has 0 saturated heterocycles. The molecule has 1 aromatic rings. The average molecular weight is 260 g/mol. The number of azide groups is 1. The van der Waals surface area contributed by atoms with Crippen molar-refractivity contribution in [1.29, 1.82) is 0 Å². The van der Waals surface area contributed by atoms with Crippen molar-refractivity contribution in [3.63, 3.8) is 0 Å². The van der Waals surface area contributed by atoms with Crippen LogP contribution >= 0.6 is 11.6 Å². The summed E-state index contributed by atoms with van der Waals surface area (Å²) in [5.41, 5.74) is 8.59. The zero-order valence-electron chi connectivity index (χ0n) is 8.79. The molecule has 5 nitrogen and oxygen atoms in total. The molecular formula is C10H11ClFN3O2. The Bertz CT molecular complexity index is 438. The molecule has 0 aliphatic rings. The van der Waals surface area contributed by atoms with E-state index >= 15 is 0 Å². The van der Waals surface area contributed by atoms with Crippen LogP contribution in [0.5, 0.6) is 0 Å². The lowest BCUT2D eigenvalue weighted by molar-refractivity contribution is 0.0242. The molecule has 1 rings (SSSR count). The summed E-state index contributed by atoms with van der Waals surface area (Å²) in [5.74, 6) is -0.517. The van der Waals surface area contributed by atoms with Crippen LogP contribution in [-0.2, 0) is 5.88 Å². The molecule has 92 valence electrons. The maximum absolute atomic E-state index is 13.4. The van der Waals surface area contributed by atoms with Gasteiger partial charge in [0.1, 0.15) is 11.9 Å². The van der Waals surface area contributed by atoms with E-state index in [0.717, 1.165) is 6.07 Å². The second-order valence-corrected chi connectivity index (χ2v) is 3.68. The van der Waals surface area contributed by atoms with Gasteiger partial charge in [0, 0.05) is 10.5 Å². The van der Waals surface area contributed by atoms with Crippen molar-refractivity contribution in [2.45, 2.75) is 18.1 Å². The van der Waals surface area contributed by atoms with Crippen LogP contribution in [0.3, 0.4) is 0 Å². The number of halogens is 2. The minimum Gasteiger partial charge on any atom is -0.390 e. The fourth-order valence-electron chi connectivity index (χ4n) is 1.30. The Kier molecular flexibility index (Phi) is 5.18. The lowest BCUT2D eigenvalue weighted by Gasteiger charge is -2.16. The van der Waals surface area contributed by atoms with Gasteiger partial charge in [-0.3, -0.25) is 0 Å². The van der Waals surface area contributed by atoms with Crippen molar-refractivity contribution in [2.24, 2.45) is 5.11 Å². The lowest BCUT2D eigenvalue weighted by Crippen LogP contribution is -2.21. The van der Waals surface area contributed by atoms with E-state index in [1.54, 1.807) is 0 Å². The second kappa shape index (κ2) is 6.42. The number of aliphatic hydroxyl groups is 2. The molecule has 0 aliphatic carbocycles. The largest absolute Gasteiger partial charge is 0.390 e. The van der Waals surface area contributed by atoms with Gasteiger partial charge in [-0.05, 0) is 17.2 Å². The number of hydrogen-bond acceptors (Lipinski definition) is 3. The maximum atomic E-state index is 13.4. The summed E-state index contributed by atoms with van der Waals surface area (Å²) < 4.78 is 13.4. The summed E-state index contributed by atoms with van der Waals surface area (Å²) in [6.07, 6.45) is -2.58. The van der Waals surface area contributed by atoms with Crippen LogP contribution in [0, 0.1) is 5.82 Å². The molecule has 0 heterocycles. The molecule has 0 amide bonds. The van der Waals surface area contributed by atoms with E-state index in [4.69, 9.17) is 17.1 Å². The Hall–Kier alpha value is -1.33. The van der Waals surface area contributed by atoms with Gasteiger partial charge in [0.15, 0.2) is 0 Å². The van der Waals surface area contributed by atoms with Crippen LogP contribution in [0.1, 0.15) is 17.2 Å². The van der Waals surface area contributed by atoms with Gasteiger partial charge < -0.3 is 10.2 Å². The van der Waals surface area contributed by atoms with Gasteiger partial charge in [-0.1, -0.05) is 17.2 Å². The summed E-state index contributed by atoms with van der Waals surface area (Å²) in [7, 11) is 0. The smallest absolute Gasteiger partial charge is 0.127 e. The van der Waals surface area contributed by atoms with Gasteiger partial charge in [-0.25, -0.2) is 4.39 Å². The molecule has 2 N–H and O–H groups in total. The number of hydrogen-bond donors (Lipinski definition) is 2. The highest BCUT2D eigenvalue weighted by atomic mass is 35.5. The number of nitrogens with zero attached hydrogens (tertiary/aromatic N) is 3. The Morgan fingerprint density at radius 3 is 2.71 bits per heavy atom. The van der Waals surface area contributed by atoms with Crippen LogP contribution in [-0.4, -0.2) is 22.9 Å². The Morgan fingerprint density at radius 1 is 1.47 bits per heavy atom. The van der Waals surface area contributed by atoms with Gasteiger partial charge in [0.25, 0.3) is 0 Å². The van der Waals surface area contributed by atoms with E-state index in [1.165, 1.54) is 12.1 Å². The molecule has 0 aliphatic heterocycles. The number of alkyl halides is 1. The van der Waals surface area contributed by atoms with Crippen LogP contribution < -0.4 is 0 Å². The van der Waals surface area contributed by atoms with Gasteiger partial charge in [-0.2, -0.15) is 0 Å². The molecule has 2 unspecified atom stereocenters. The highest BCUT2D eigenvalue weighted by molar-refractivity contribution is 6.17. The zero-order chi connectivity index (χ0) is 12.8. The van der Waals surface area contributed by atoms with E-state index in [-0.39, 0.29) is 18.0 Å². The quantitative estimate of drug-likeness (QED) is 0.368. The van der Waals surface area contributed by atoms with Crippen molar-refractivity contribution in [1.82, 2.24) is 0 Å². The first-order valence-electron chi connectivity index (χ1n) is 4.81. The van der Waals surface area contributed by atoms with Crippen LogP contribution in [0.4, 0.5) is 4.39 Å². The monoisotopic (exact) mass is 259 g/mol. The van der Waals surface area contributed by atoms with Gasteiger partial charge in [0.2, 0.25) is 0 Å². The third-order valence-corrected chi connectivity index (χ3v) is 2.55. The Morgan fingerprint density at radius 2 is 2.18 bits per heavy atom. The predicted octanol–water partition coefficient (Wildman–Crippen LogP) is 2.27. The molecule has 7 heteroatoms. The lowest BCUT2D eigenvalue weighted by atomic mass is 10.0. The van der Waals surface area contributed by atoms with Crippen molar-refractivity contribution in [2.75, 3.05) is 6.54 Å². The number of rotatable bonds is 5. The molecule has 17 heavy (non-hydrogen) atoms. The summed E-state index contributed by atoms with van der Waals surface area (Å²) in [4.78, 5) is 2.46. The van der Waals surface area contributed by atoms with Gasteiger partial charge >= 0.3 is 0 Å². The topological polar surface area (TPSA) is 89.2 Å². The van der Waals surface area contributed by atoms with E-state index in [9.17, 15) is 14.6 Å². The molecule has 0 bridgehead atoms. The molecule has 0 fully saturated rings. The highest BCUT2D eigenvalue weighted by Crippen LogP contribution is 2.21. The number of aliphatic hydroxyl groups excluding tert-OH is 2. The van der Waals surface area contributed by atoms with E-state index < -0.39 is 18.0 Å². The Labute approximate surface area is 102 Å². The summed E-state index contributed by atoms with van der Waals surface area (Å²) in [6.45, 7) is -0.281. The van der Waals surface area contributed by atoms with Gasteiger partial charge in [-0.15, -0.1) is 11.6 Å². The third kappa shape index (κ3) is 3.57. The van der Waals surface area contributed by atoms with Crippen molar-refractivity contribution in [3.05, 3.63) is 45.6 Å². The maximum Gasteiger partial charge on any atom is 0.127 e. The molecule has 2 atom stereocenters. The SMILES string of the molecule is [N-]=[N+]=NCC(O)C(O)c1ccc(CCl)c(F)c1. The first-order valence-corrected chi connectivity index (χ1v) is 5.35. The zero-order valence-corrected chi connectivity index (χ0v) is 9.55. The first kappa shape index (κ1) is 13.7. The second-order valence-electron chi connectivity index (χ2n) is 3.41. The molecular weight excluding hydrogens is 249 g/mol. The molecule has 0 saturated carbocycles. The molecule has 0 aromatic heterocycles. The minimum atomic E-state index is -1.31. The Balaban J connectivity index is 2.85. The van der Waals surface area contributed by atoms with Gasteiger partial charge in [0.05, 0.1) is 18.5 Å². The molecule has 0 spiro atoms. The average Bonchev–Trinajstić information content (AvgIpc) is 2.34. The molecule has 0 radical (unpaired) electrons. The molecule has 1 aromatic carbocycles. The summed E-state index contributed by atoms with van der Waals surface area (Å²) >= 11 is 5.49. The van der Waals surface area contributed by atoms with E-state index in [1.807, 2.05) is 0 Å². The fourth-order valence-corrected chi connectivity index (χ4v) is 1.51. The van der Waals surface area contributed by atoms with E-state index in [2.05, 4.69) is 10.0 Å². The van der Waals surface area contributed by atoms with Crippen molar-refractivity contribution < 1.29 is 14.6 Å². The highest BCUT2D eigenvalue weighted by Gasteiger charge is 2.18. The van der Waals surface area contributed by atoms with Crippen LogP contribution in [0.2, 0.25) is 0 Å².